The van der Waals surface area contributed by atoms with E-state index >= 15 is 0 Å². The van der Waals surface area contributed by atoms with Crippen molar-refractivity contribution < 1.29 is 10.1 Å². The van der Waals surface area contributed by atoms with Crippen LogP contribution in [0.3, 0.4) is 0 Å². The number of rotatable bonds is 2. The second-order valence-electron chi connectivity index (χ2n) is 4.07. The lowest BCUT2D eigenvalue weighted by atomic mass is 9.78. The molecule has 12 heavy (non-hydrogen) atoms. The summed E-state index contributed by atoms with van der Waals surface area (Å²) in [6.07, 6.45) is 4.98. The Hall–Kier alpha value is -0.340. The lowest BCUT2D eigenvalue weighted by Crippen LogP contribution is -2.38. The molecule has 0 spiro atoms. The topological polar surface area (TPSA) is 29.5 Å². The third-order valence-electron chi connectivity index (χ3n) is 2.97. The fraction of sp³-hybridized carbons (Fsp3) is 0.800. The van der Waals surface area contributed by atoms with Crippen molar-refractivity contribution in [3.8, 4) is 0 Å². The van der Waals surface area contributed by atoms with E-state index in [0.29, 0.717) is 5.92 Å². The van der Waals surface area contributed by atoms with Crippen molar-refractivity contribution in [3.05, 3.63) is 11.6 Å². The summed E-state index contributed by atoms with van der Waals surface area (Å²) in [7, 11) is 0. The monoisotopic (exact) mass is 170 g/mol. The molecule has 0 aromatic rings. The Bertz CT molecular complexity index is 184. The van der Waals surface area contributed by atoms with E-state index in [0.717, 1.165) is 19.3 Å². The Kier molecular flexibility index (Phi) is 2.91. The van der Waals surface area contributed by atoms with Gasteiger partial charge in [-0.25, -0.2) is 4.89 Å². The van der Waals surface area contributed by atoms with Crippen molar-refractivity contribution in [3.63, 3.8) is 0 Å². The van der Waals surface area contributed by atoms with Crippen LogP contribution in [0, 0.1) is 5.92 Å². The summed E-state index contributed by atoms with van der Waals surface area (Å²) >= 11 is 0. The normalized spacial score (nSPS) is 30.6. The predicted molar refractivity (Wildman–Crippen MR) is 48.9 cm³/mol. The van der Waals surface area contributed by atoms with Crippen LogP contribution in [-0.2, 0) is 4.89 Å². The molecule has 1 N–H and O–H groups in total. The van der Waals surface area contributed by atoms with E-state index < -0.39 is 0 Å². The van der Waals surface area contributed by atoms with Crippen LogP contribution in [-0.4, -0.2) is 10.9 Å². The van der Waals surface area contributed by atoms with E-state index in [4.69, 9.17) is 5.26 Å². The largest absolute Gasteiger partial charge is 0.251 e. The van der Waals surface area contributed by atoms with Crippen molar-refractivity contribution >= 4 is 0 Å². The van der Waals surface area contributed by atoms with E-state index in [1.165, 1.54) is 5.57 Å². The van der Waals surface area contributed by atoms with Crippen LogP contribution in [0.2, 0.25) is 0 Å². The van der Waals surface area contributed by atoms with Gasteiger partial charge in [0.15, 0.2) is 0 Å². The second-order valence-corrected chi connectivity index (χ2v) is 4.07. The minimum absolute atomic E-state index is 0.320. The van der Waals surface area contributed by atoms with Gasteiger partial charge in [-0.1, -0.05) is 25.5 Å². The molecule has 0 radical (unpaired) electrons. The highest BCUT2D eigenvalue weighted by molar-refractivity contribution is 5.08. The summed E-state index contributed by atoms with van der Waals surface area (Å²) in [5, 5.41) is 8.87. The zero-order valence-electron chi connectivity index (χ0n) is 8.13. The Labute approximate surface area is 74.2 Å². The molecule has 0 saturated heterocycles. The maximum Gasteiger partial charge on any atom is 0.109 e. The molecule has 1 rings (SSSR count). The van der Waals surface area contributed by atoms with E-state index in [9.17, 15) is 0 Å². The highest BCUT2D eigenvalue weighted by Gasteiger charge is 2.36. The Morgan fingerprint density at radius 3 is 2.58 bits per heavy atom. The van der Waals surface area contributed by atoms with Gasteiger partial charge >= 0.3 is 0 Å². The van der Waals surface area contributed by atoms with Gasteiger partial charge in [-0.05, 0) is 32.1 Å². The van der Waals surface area contributed by atoms with Crippen molar-refractivity contribution in [1.82, 2.24) is 0 Å². The fourth-order valence-electron chi connectivity index (χ4n) is 1.67. The maximum absolute atomic E-state index is 8.87. The molecule has 0 heterocycles. The molecule has 0 aromatic carbocycles. The maximum atomic E-state index is 8.87. The summed E-state index contributed by atoms with van der Waals surface area (Å²) < 4.78 is 0. The first-order valence-electron chi connectivity index (χ1n) is 4.59. The highest BCUT2D eigenvalue weighted by atomic mass is 17.1. The Balaban J connectivity index is 2.71. The van der Waals surface area contributed by atoms with Gasteiger partial charge in [-0.15, -0.1) is 0 Å². The van der Waals surface area contributed by atoms with Crippen LogP contribution >= 0.6 is 0 Å². The van der Waals surface area contributed by atoms with Crippen molar-refractivity contribution in [2.45, 2.75) is 45.6 Å². The van der Waals surface area contributed by atoms with Crippen molar-refractivity contribution in [2.24, 2.45) is 5.92 Å². The average molecular weight is 170 g/mol. The van der Waals surface area contributed by atoms with E-state index in [2.05, 4.69) is 31.7 Å². The van der Waals surface area contributed by atoms with Gasteiger partial charge in [-0.2, -0.15) is 0 Å². The zero-order chi connectivity index (χ0) is 9.19. The first kappa shape index (κ1) is 9.75. The minimum atomic E-state index is -0.320. The van der Waals surface area contributed by atoms with Gasteiger partial charge < -0.3 is 0 Å². The van der Waals surface area contributed by atoms with Crippen LogP contribution in [0.1, 0.15) is 40.0 Å². The number of allylic oxidation sites excluding steroid dienone is 1. The molecular formula is C10H18O2. The lowest BCUT2D eigenvalue weighted by molar-refractivity contribution is -0.337. The molecule has 70 valence electrons. The molecule has 2 heteroatoms. The Morgan fingerprint density at radius 2 is 2.25 bits per heavy atom. The van der Waals surface area contributed by atoms with Crippen LogP contribution in [0.15, 0.2) is 11.6 Å². The quantitative estimate of drug-likeness (QED) is 0.392. The second kappa shape index (κ2) is 3.58. The SMILES string of the molecule is CC1=CCC(OO)(C(C)C)CC1. The molecule has 0 aromatic heterocycles. The van der Waals surface area contributed by atoms with Crippen LogP contribution in [0.25, 0.3) is 0 Å². The molecule has 1 unspecified atom stereocenters. The van der Waals surface area contributed by atoms with Gasteiger partial charge in [-0.3, -0.25) is 5.26 Å². The molecular weight excluding hydrogens is 152 g/mol. The van der Waals surface area contributed by atoms with Crippen molar-refractivity contribution in [1.29, 1.82) is 0 Å². The molecule has 0 amide bonds. The third kappa shape index (κ3) is 1.70. The van der Waals surface area contributed by atoms with Crippen molar-refractivity contribution in [2.75, 3.05) is 0 Å². The van der Waals surface area contributed by atoms with Crippen LogP contribution in [0.4, 0.5) is 0 Å². The van der Waals surface area contributed by atoms with Gasteiger partial charge in [0.05, 0.1) is 0 Å². The highest BCUT2D eigenvalue weighted by Crippen LogP contribution is 2.35. The molecule has 0 fully saturated rings. The molecule has 2 nitrogen and oxygen atoms in total. The van der Waals surface area contributed by atoms with E-state index in [-0.39, 0.29) is 5.60 Å². The van der Waals surface area contributed by atoms with Gasteiger partial charge in [0.25, 0.3) is 0 Å². The van der Waals surface area contributed by atoms with E-state index in [1.54, 1.807) is 0 Å². The molecule has 1 aliphatic carbocycles. The van der Waals surface area contributed by atoms with Gasteiger partial charge in [0.2, 0.25) is 0 Å². The molecule has 0 aliphatic heterocycles. The summed E-state index contributed by atoms with van der Waals surface area (Å²) in [4.78, 5) is 4.64. The first-order chi connectivity index (χ1) is 5.60. The predicted octanol–water partition coefficient (Wildman–Crippen LogP) is 3.00. The first-order valence-corrected chi connectivity index (χ1v) is 4.59. The minimum Gasteiger partial charge on any atom is -0.251 e. The Morgan fingerprint density at radius 1 is 1.58 bits per heavy atom. The van der Waals surface area contributed by atoms with Gasteiger partial charge in [0.1, 0.15) is 5.60 Å². The van der Waals surface area contributed by atoms with E-state index in [1.807, 2.05) is 0 Å². The van der Waals surface area contributed by atoms with Crippen LogP contribution < -0.4 is 0 Å². The molecule has 0 bridgehead atoms. The number of hydrogen-bond donors (Lipinski definition) is 1. The molecule has 0 saturated carbocycles. The van der Waals surface area contributed by atoms with Gasteiger partial charge in [0, 0.05) is 0 Å². The zero-order valence-corrected chi connectivity index (χ0v) is 8.13. The fourth-order valence-corrected chi connectivity index (χ4v) is 1.67. The summed E-state index contributed by atoms with van der Waals surface area (Å²) in [6.45, 7) is 6.30. The summed E-state index contributed by atoms with van der Waals surface area (Å²) in [5.74, 6) is 0.367. The molecule has 1 atom stereocenters. The standard InChI is InChI=1S/C10H18O2/c1-8(2)10(12-11)6-4-9(3)5-7-10/h4,8,11H,5-7H2,1-3H3. The van der Waals surface area contributed by atoms with Crippen LogP contribution in [0.5, 0.6) is 0 Å². The average Bonchev–Trinajstić information content (AvgIpc) is 2.06. The summed E-state index contributed by atoms with van der Waals surface area (Å²) in [5.41, 5.74) is 1.09. The lowest BCUT2D eigenvalue weighted by Gasteiger charge is -2.36. The third-order valence-corrected chi connectivity index (χ3v) is 2.97. The number of hydrogen-bond acceptors (Lipinski definition) is 2. The smallest absolute Gasteiger partial charge is 0.109 e. The summed E-state index contributed by atoms with van der Waals surface area (Å²) in [6, 6.07) is 0. The molecule has 1 aliphatic rings.